The normalized spacial score (nSPS) is 12.1. The number of carbonyl (C=O) groups excluding carboxylic acids is 1. The Morgan fingerprint density at radius 1 is 1.07 bits per heavy atom. The van der Waals surface area contributed by atoms with Gasteiger partial charge < -0.3 is 28.8 Å². The molecular formula is C20H18O8. The lowest BCUT2D eigenvalue weighted by Crippen LogP contribution is -2.10. The van der Waals surface area contributed by atoms with Crippen molar-refractivity contribution >= 4 is 17.8 Å². The first-order valence-corrected chi connectivity index (χ1v) is 8.24. The molecule has 1 N–H and O–H groups in total. The minimum atomic E-state index is -1.11. The zero-order valence-corrected chi connectivity index (χ0v) is 15.3. The average molecular weight is 386 g/mol. The second-order valence-corrected chi connectivity index (χ2v) is 5.70. The maximum absolute atomic E-state index is 12.5. The Kier molecular flexibility index (Phi) is 5.69. The second kappa shape index (κ2) is 8.34. The molecule has 0 saturated heterocycles. The van der Waals surface area contributed by atoms with Crippen LogP contribution in [-0.2, 0) is 4.79 Å². The van der Waals surface area contributed by atoms with Crippen LogP contribution < -0.4 is 23.7 Å². The van der Waals surface area contributed by atoms with Crippen molar-refractivity contribution in [2.75, 3.05) is 27.6 Å². The molecule has 2 aromatic carbocycles. The van der Waals surface area contributed by atoms with Crippen LogP contribution in [0, 0.1) is 0 Å². The van der Waals surface area contributed by atoms with E-state index in [1.807, 2.05) is 0 Å². The predicted molar refractivity (Wildman–Crippen MR) is 98.6 cm³/mol. The quantitative estimate of drug-likeness (QED) is 0.546. The molecule has 8 heteroatoms. The molecule has 0 atom stereocenters. The van der Waals surface area contributed by atoms with Crippen LogP contribution in [0.5, 0.6) is 28.7 Å². The highest BCUT2D eigenvalue weighted by molar-refractivity contribution is 6.07. The van der Waals surface area contributed by atoms with E-state index in [-0.39, 0.29) is 24.1 Å². The average Bonchev–Trinajstić information content (AvgIpc) is 3.18. The largest absolute Gasteiger partial charge is 0.493 e. The standard InChI is InChI=1S/C20H18O8/c1-24-16-9-13(4-6-15(16)26-10-19(22)23)14(21)5-3-12-7-17(25-2)20-18(8-12)27-11-28-20/h3-9H,10-11H2,1-2H3,(H,22,23)/b5-3+. The second-order valence-electron chi connectivity index (χ2n) is 5.70. The number of benzene rings is 2. The van der Waals surface area contributed by atoms with Gasteiger partial charge in [0.15, 0.2) is 35.4 Å². The highest BCUT2D eigenvalue weighted by atomic mass is 16.7. The number of fused-ring (bicyclic) bond motifs is 1. The molecule has 0 saturated carbocycles. The van der Waals surface area contributed by atoms with Crippen LogP contribution in [-0.4, -0.2) is 44.5 Å². The lowest BCUT2D eigenvalue weighted by atomic mass is 10.1. The van der Waals surface area contributed by atoms with E-state index >= 15 is 0 Å². The summed E-state index contributed by atoms with van der Waals surface area (Å²) in [5, 5.41) is 8.70. The molecule has 1 heterocycles. The Morgan fingerprint density at radius 3 is 2.57 bits per heavy atom. The van der Waals surface area contributed by atoms with E-state index in [0.717, 1.165) is 0 Å². The van der Waals surface area contributed by atoms with Gasteiger partial charge in [0.05, 0.1) is 14.2 Å². The van der Waals surface area contributed by atoms with E-state index < -0.39 is 12.6 Å². The summed E-state index contributed by atoms with van der Waals surface area (Å²) in [6, 6.07) is 8.00. The molecule has 8 nitrogen and oxygen atoms in total. The van der Waals surface area contributed by atoms with Gasteiger partial charge in [-0.1, -0.05) is 6.08 Å². The Labute approximate surface area is 160 Å². The van der Waals surface area contributed by atoms with E-state index in [1.165, 1.54) is 38.5 Å². The number of hydrogen-bond donors (Lipinski definition) is 1. The first-order valence-electron chi connectivity index (χ1n) is 8.24. The fourth-order valence-corrected chi connectivity index (χ4v) is 2.59. The zero-order chi connectivity index (χ0) is 20.1. The summed E-state index contributed by atoms with van der Waals surface area (Å²) >= 11 is 0. The first kappa shape index (κ1) is 19.1. The Hall–Kier alpha value is -3.68. The fraction of sp³-hybridized carbons (Fsp3) is 0.200. The Balaban J connectivity index is 1.78. The summed E-state index contributed by atoms with van der Waals surface area (Å²) < 4.78 is 26.3. The van der Waals surface area contributed by atoms with E-state index in [1.54, 1.807) is 18.2 Å². The van der Waals surface area contributed by atoms with Crippen molar-refractivity contribution < 1.29 is 38.4 Å². The molecule has 0 unspecified atom stereocenters. The number of carboxylic acids is 1. The smallest absolute Gasteiger partial charge is 0.341 e. The molecule has 146 valence electrons. The van der Waals surface area contributed by atoms with Gasteiger partial charge in [0.1, 0.15) is 0 Å². The van der Waals surface area contributed by atoms with Crippen molar-refractivity contribution in [3.63, 3.8) is 0 Å². The van der Waals surface area contributed by atoms with Crippen LogP contribution >= 0.6 is 0 Å². The minimum Gasteiger partial charge on any atom is -0.493 e. The van der Waals surface area contributed by atoms with E-state index in [4.69, 9.17) is 28.8 Å². The Morgan fingerprint density at radius 2 is 1.86 bits per heavy atom. The summed E-state index contributed by atoms with van der Waals surface area (Å²) in [5.74, 6) is 0.740. The molecular weight excluding hydrogens is 368 g/mol. The highest BCUT2D eigenvalue weighted by Gasteiger charge is 2.19. The number of carboxylic acid groups (broad SMARTS) is 1. The van der Waals surface area contributed by atoms with Crippen LogP contribution in [0.1, 0.15) is 15.9 Å². The summed E-state index contributed by atoms with van der Waals surface area (Å²) in [5.41, 5.74) is 1.08. The number of allylic oxidation sites excluding steroid dienone is 1. The molecule has 3 rings (SSSR count). The number of ether oxygens (including phenoxy) is 5. The third kappa shape index (κ3) is 4.17. The maximum Gasteiger partial charge on any atom is 0.341 e. The lowest BCUT2D eigenvalue weighted by molar-refractivity contribution is -0.139. The van der Waals surface area contributed by atoms with Crippen molar-refractivity contribution in [2.24, 2.45) is 0 Å². The molecule has 0 fully saturated rings. The van der Waals surface area contributed by atoms with E-state index in [2.05, 4.69) is 0 Å². The predicted octanol–water partition coefficient (Wildman–Crippen LogP) is 2.79. The van der Waals surface area contributed by atoms with Crippen LogP contribution in [0.3, 0.4) is 0 Å². The first-order chi connectivity index (χ1) is 13.5. The number of methoxy groups -OCH3 is 2. The van der Waals surface area contributed by atoms with Gasteiger partial charge in [-0.15, -0.1) is 0 Å². The van der Waals surface area contributed by atoms with Crippen molar-refractivity contribution in [3.8, 4) is 28.7 Å². The molecule has 2 aromatic rings. The summed E-state index contributed by atoms with van der Waals surface area (Å²) in [6.07, 6.45) is 3.04. The van der Waals surface area contributed by atoms with Gasteiger partial charge in [-0.2, -0.15) is 0 Å². The summed E-state index contributed by atoms with van der Waals surface area (Å²) in [6.45, 7) is -0.386. The van der Waals surface area contributed by atoms with Gasteiger partial charge in [0.2, 0.25) is 12.5 Å². The Bertz CT molecular complexity index is 932. The monoisotopic (exact) mass is 386 g/mol. The van der Waals surface area contributed by atoms with Crippen LogP contribution in [0.4, 0.5) is 0 Å². The number of ketones is 1. The van der Waals surface area contributed by atoms with E-state index in [9.17, 15) is 9.59 Å². The topological polar surface area (TPSA) is 101 Å². The fourth-order valence-electron chi connectivity index (χ4n) is 2.59. The van der Waals surface area contributed by atoms with E-state index in [0.29, 0.717) is 28.4 Å². The van der Waals surface area contributed by atoms with Crippen molar-refractivity contribution in [1.82, 2.24) is 0 Å². The molecule has 0 amide bonds. The van der Waals surface area contributed by atoms with Gasteiger partial charge >= 0.3 is 5.97 Å². The van der Waals surface area contributed by atoms with Gasteiger partial charge in [0.25, 0.3) is 0 Å². The zero-order valence-electron chi connectivity index (χ0n) is 15.3. The van der Waals surface area contributed by atoms with Crippen molar-refractivity contribution in [3.05, 3.63) is 47.5 Å². The van der Waals surface area contributed by atoms with Crippen LogP contribution in [0.2, 0.25) is 0 Å². The van der Waals surface area contributed by atoms with Gasteiger partial charge in [-0.3, -0.25) is 4.79 Å². The molecule has 0 radical (unpaired) electrons. The molecule has 1 aliphatic heterocycles. The molecule has 1 aliphatic rings. The molecule has 0 spiro atoms. The summed E-state index contributed by atoms with van der Waals surface area (Å²) in [7, 11) is 2.93. The van der Waals surface area contributed by atoms with Gasteiger partial charge in [-0.25, -0.2) is 4.79 Å². The highest BCUT2D eigenvalue weighted by Crippen LogP contribution is 2.42. The lowest BCUT2D eigenvalue weighted by Gasteiger charge is -2.10. The number of hydrogen-bond acceptors (Lipinski definition) is 7. The SMILES string of the molecule is COc1cc(C(=O)/C=C/c2cc(OC)c3c(c2)OCO3)ccc1OCC(=O)O. The molecule has 0 bridgehead atoms. The third-order valence-electron chi connectivity index (χ3n) is 3.91. The number of aliphatic carboxylic acids is 1. The molecule has 28 heavy (non-hydrogen) atoms. The summed E-state index contributed by atoms with van der Waals surface area (Å²) in [4.78, 5) is 23.1. The number of carbonyl (C=O) groups is 2. The molecule has 0 aliphatic carbocycles. The number of rotatable bonds is 8. The van der Waals surface area contributed by atoms with Crippen molar-refractivity contribution in [2.45, 2.75) is 0 Å². The van der Waals surface area contributed by atoms with Crippen LogP contribution in [0.25, 0.3) is 6.08 Å². The van der Waals surface area contributed by atoms with Gasteiger partial charge in [0, 0.05) is 5.56 Å². The third-order valence-corrected chi connectivity index (χ3v) is 3.91. The van der Waals surface area contributed by atoms with Gasteiger partial charge in [-0.05, 0) is 42.0 Å². The van der Waals surface area contributed by atoms with Crippen molar-refractivity contribution in [1.29, 1.82) is 0 Å². The maximum atomic E-state index is 12.5. The molecule has 0 aromatic heterocycles. The van der Waals surface area contributed by atoms with Crippen LogP contribution in [0.15, 0.2) is 36.4 Å². The minimum absolute atomic E-state index is 0.119.